The average Bonchev–Trinajstić information content (AvgIpc) is 3.46. The van der Waals surface area contributed by atoms with Crippen LogP contribution in [0.2, 0.25) is 0 Å². The molecule has 3 nitrogen and oxygen atoms in total. The first-order valence-corrected chi connectivity index (χ1v) is 14.9. The number of nitrogens with one attached hydrogen (secondary N) is 1. The molecule has 0 aliphatic rings. The topological polar surface area (TPSA) is 48.6 Å². The van der Waals surface area contributed by atoms with Gasteiger partial charge in [-0.05, 0) is 52.2 Å². The van der Waals surface area contributed by atoms with Gasteiger partial charge in [-0.25, -0.2) is 9.98 Å². The summed E-state index contributed by atoms with van der Waals surface area (Å²) in [6.45, 7) is 3.73. The molecule has 0 fully saturated rings. The van der Waals surface area contributed by atoms with E-state index in [0.29, 0.717) is 5.84 Å². The van der Waals surface area contributed by atoms with Gasteiger partial charge in [0.25, 0.3) is 0 Å². The van der Waals surface area contributed by atoms with Crippen LogP contribution in [0, 0.1) is 5.41 Å². The van der Waals surface area contributed by atoms with Gasteiger partial charge in [-0.2, -0.15) is 0 Å². The maximum atomic E-state index is 8.73. The predicted molar refractivity (Wildman–Crippen MR) is 185 cm³/mol. The molecule has 0 radical (unpaired) electrons. The van der Waals surface area contributed by atoms with Crippen LogP contribution in [0.5, 0.6) is 0 Å². The van der Waals surface area contributed by atoms with E-state index < -0.39 is 0 Å². The molecule has 0 saturated carbocycles. The Kier molecular flexibility index (Phi) is 7.04. The zero-order valence-corrected chi connectivity index (χ0v) is 24.2. The molecule has 0 aliphatic carbocycles. The van der Waals surface area contributed by atoms with E-state index >= 15 is 0 Å². The lowest BCUT2D eigenvalue weighted by Crippen LogP contribution is -2.03. The Morgan fingerprint density at radius 2 is 1.16 bits per heavy atom. The molecule has 6 aromatic carbocycles. The summed E-state index contributed by atoms with van der Waals surface area (Å²) in [6, 6.07) is 50.0. The van der Waals surface area contributed by atoms with Crippen LogP contribution >= 0.6 is 11.3 Å². The molecule has 4 heteroatoms. The maximum Gasteiger partial charge on any atom is 0.161 e. The molecular weight excluding hydrogens is 543 g/mol. The standard InChI is InChI=1S/C39H27N3S/c1-41-39(32-15-8-14-30(24-32)26-10-4-2-5-11-26)42-38(40)29-20-18-28(19-21-29)33-16-9-17-35-34-23-22-31(25-36(34)43-37(33)35)27-12-6-3-7-13-27/h2-25,40H,1H2. The summed E-state index contributed by atoms with van der Waals surface area (Å²) in [6.07, 6.45) is 0. The van der Waals surface area contributed by atoms with Gasteiger partial charge in [0.05, 0.1) is 0 Å². The molecule has 0 unspecified atom stereocenters. The second kappa shape index (κ2) is 11.4. The molecule has 43 heavy (non-hydrogen) atoms. The molecule has 0 saturated heterocycles. The van der Waals surface area contributed by atoms with Crippen molar-refractivity contribution in [3.05, 3.63) is 157 Å². The molecule has 0 bridgehead atoms. The number of aliphatic imine (C=N–C) groups is 2. The fourth-order valence-corrected chi connectivity index (χ4v) is 6.75. The zero-order valence-electron chi connectivity index (χ0n) is 23.4. The minimum Gasteiger partial charge on any atom is -0.282 e. The summed E-state index contributed by atoms with van der Waals surface area (Å²) in [4.78, 5) is 8.72. The summed E-state index contributed by atoms with van der Waals surface area (Å²) in [5, 5.41) is 11.3. The quantitative estimate of drug-likeness (QED) is 0.158. The van der Waals surface area contributed by atoms with Crippen molar-refractivity contribution in [3.8, 4) is 33.4 Å². The van der Waals surface area contributed by atoms with Gasteiger partial charge in [-0.1, -0.05) is 133 Å². The highest BCUT2D eigenvalue weighted by atomic mass is 32.1. The number of fused-ring (bicyclic) bond motifs is 3. The van der Waals surface area contributed by atoms with E-state index in [0.717, 1.165) is 27.8 Å². The molecule has 7 aromatic rings. The summed E-state index contributed by atoms with van der Waals surface area (Å²) in [5.41, 5.74) is 8.48. The molecule has 0 amide bonds. The van der Waals surface area contributed by atoms with Crippen molar-refractivity contribution < 1.29 is 0 Å². The largest absolute Gasteiger partial charge is 0.282 e. The van der Waals surface area contributed by atoms with Gasteiger partial charge in [0.15, 0.2) is 11.7 Å². The van der Waals surface area contributed by atoms with Gasteiger partial charge in [0, 0.05) is 31.3 Å². The molecule has 0 aliphatic heterocycles. The van der Waals surface area contributed by atoms with Gasteiger partial charge in [-0.15, -0.1) is 11.3 Å². The highest BCUT2D eigenvalue weighted by molar-refractivity contribution is 7.26. The van der Waals surface area contributed by atoms with Crippen molar-refractivity contribution in [2.75, 3.05) is 0 Å². The van der Waals surface area contributed by atoms with Crippen LogP contribution in [0.15, 0.2) is 156 Å². The lowest BCUT2D eigenvalue weighted by atomic mass is 10.00. The van der Waals surface area contributed by atoms with Crippen LogP contribution in [-0.4, -0.2) is 18.4 Å². The Hall–Kier alpha value is -5.45. The Labute approximate surface area is 254 Å². The molecule has 1 N–H and O–H groups in total. The van der Waals surface area contributed by atoms with Crippen molar-refractivity contribution in [2.45, 2.75) is 0 Å². The highest BCUT2D eigenvalue weighted by Crippen LogP contribution is 2.41. The Bertz CT molecular complexity index is 2140. The fourth-order valence-electron chi connectivity index (χ4n) is 5.47. The fraction of sp³-hybridized carbons (Fsp3) is 0. The molecule has 1 aromatic heterocycles. The van der Waals surface area contributed by atoms with Crippen molar-refractivity contribution in [1.29, 1.82) is 5.41 Å². The molecule has 0 atom stereocenters. The van der Waals surface area contributed by atoms with Gasteiger partial charge in [0.1, 0.15) is 0 Å². The Morgan fingerprint density at radius 3 is 1.86 bits per heavy atom. The van der Waals surface area contributed by atoms with Gasteiger partial charge >= 0.3 is 0 Å². The van der Waals surface area contributed by atoms with E-state index in [2.05, 4.69) is 108 Å². The van der Waals surface area contributed by atoms with Crippen LogP contribution in [0.4, 0.5) is 0 Å². The number of thiophene rings is 1. The van der Waals surface area contributed by atoms with Crippen molar-refractivity contribution in [1.82, 2.24) is 0 Å². The van der Waals surface area contributed by atoms with E-state index in [4.69, 9.17) is 5.41 Å². The minimum atomic E-state index is 0.146. The first-order valence-electron chi connectivity index (χ1n) is 14.1. The second-order valence-corrected chi connectivity index (χ2v) is 11.4. The van der Waals surface area contributed by atoms with Gasteiger partial charge in [-0.3, -0.25) is 5.41 Å². The van der Waals surface area contributed by atoms with Crippen LogP contribution in [0.25, 0.3) is 53.6 Å². The smallest absolute Gasteiger partial charge is 0.161 e. The third-order valence-electron chi connectivity index (χ3n) is 7.67. The summed E-state index contributed by atoms with van der Waals surface area (Å²) >= 11 is 1.83. The van der Waals surface area contributed by atoms with E-state index in [1.165, 1.54) is 36.9 Å². The maximum absolute atomic E-state index is 8.73. The third-order valence-corrected chi connectivity index (χ3v) is 8.87. The monoisotopic (exact) mass is 569 g/mol. The van der Waals surface area contributed by atoms with E-state index in [1.54, 1.807) is 0 Å². The lowest BCUT2D eigenvalue weighted by molar-refractivity contribution is 1.40. The number of amidine groups is 2. The molecule has 1 heterocycles. The van der Waals surface area contributed by atoms with Crippen LogP contribution < -0.4 is 0 Å². The van der Waals surface area contributed by atoms with E-state index in [1.807, 2.05) is 65.9 Å². The van der Waals surface area contributed by atoms with Crippen molar-refractivity contribution in [3.63, 3.8) is 0 Å². The number of benzene rings is 6. The normalized spacial score (nSPS) is 11.6. The third kappa shape index (κ3) is 5.21. The molecule has 0 spiro atoms. The zero-order chi connectivity index (χ0) is 29.2. The van der Waals surface area contributed by atoms with E-state index in [-0.39, 0.29) is 5.84 Å². The number of nitrogens with zero attached hydrogens (tertiary/aromatic N) is 2. The van der Waals surface area contributed by atoms with E-state index in [9.17, 15) is 0 Å². The van der Waals surface area contributed by atoms with Crippen molar-refractivity contribution in [2.24, 2.45) is 9.98 Å². The Morgan fingerprint density at radius 1 is 0.535 bits per heavy atom. The first kappa shape index (κ1) is 26.4. The number of hydrogen-bond donors (Lipinski definition) is 1. The van der Waals surface area contributed by atoms with Crippen LogP contribution in [0.3, 0.4) is 0 Å². The molecular formula is C39H27N3S. The lowest BCUT2D eigenvalue weighted by Gasteiger charge is -2.07. The van der Waals surface area contributed by atoms with Gasteiger partial charge in [0.2, 0.25) is 0 Å². The minimum absolute atomic E-state index is 0.146. The predicted octanol–water partition coefficient (Wildman–Crippen LogP) is 10.5. The first-order chi connectivity index (χ1) is 21.2. The Balaban J connectivity index is 1.19. The summed E-state index contributed by atoms with van der Waals surface area (Å²) in [7, 11) is 0. The summed E-state index contributed by atoms with van der Waals surface area (Å²) < 4.78 is 2.54. The van der Waals surface area contributed by atoms with Crippen LogP contribution in [0.1, 0.15) is 11.1 Å². The van der Waals surface area contributed by atoms with Gasteiger partial charge < -0.3 is 0 Å². The number of hydrogen-bond acceptors (Lipinski definition) is 2. The molecule has 7 rings (SSSR count). The van der Waals surface area contributed by atoms with Crippen LogP contribution in [-0.2, 0) is 0 Å². The average molecular weight is 570 g/mol. The highest BCUT2D eigenvalue weighted by Gasteiger charge is 2.13. The summed E-state index contributed by atoms with van der Waals surface area (Å²) in [5.74, 6) is 0.573. The second-order valence-electron chi connectivity index (χ2n) is 10.3. The SMILES string of the molecule is C=NC(=NC(=N)c1ccc(-c2cccc3c2sc2cc(-c4ccccc4)ccc23)cc1)c1cccc(-c2ccccc2)c1. The van der Waals surface area contributed by atoms with Crippen molar-refractivity contribution >= 4 is 49.9 Å². The molecule has 204 valence electrons. The number of rotatable bonds is 5.